The summed E-state index contributed by atoms with van der Waals surface area (Å²) >= 11 is 0. The van der Waals surface area contributed by atoms with E-state index >= 15 is 0 Å². The van der Waals surface area contributed by atoms with E-state index in [4.69, 9.17) is 10.4 Å². The molecule has 0 amide bonds. The van der Waals surface area contributed by atoms with Gasteiger partial charge in [0, 0.05) is 18.5 Å². The summed E-state index contributed by atoms with van der Waals surface area (Å²) < 4.78 is 16.0. The van der Waals surface area contributed by atoms with Gasteiger partial charge in [-0.2, -0.15) is 10.4 Å². The molecule has 5 heteroatoms. The van der Waals surface area contributed by atoms with E-state index in [0.717, 1.165) is 48.6 Å². The van der Waals surface area contributed by atoms with Gasteiger partial charge < -0.3 is 5.32 Å². The highest BCUT2D eigenvalue weighted by Crippen LogP contribution is 2.29. The van der Waals surface area contributed by atoms with Gasteiger partial charge in [0.05, 0.1) is 23.0 Å². The molecule has 130 valence electrons. The Labute approximate surface area is 151 Å². The molecule has 0 aliphatic carbocycles. The number of benzene rings is 2. The predicted molar refractivity (Wildman–Crippen MR) is 98.9 cm³/mol. The van der Waals surface area contributed by atoms with E-state index in [-0.39, 0.29) is 5.82 Å². The average molecular weight is 346 g/mol. The van der Waals surface area contributed by atoms with E-state index in [2.05, 4.69) is 11.4 Å². The summed E-state index contributed by atoms with van der Waals surface area (Å²) in [6, 6.07) is 16.4. The number of anilines is 1. The molecule has 4 nitrogen and oxygen atoms in total. The van der Waals surface area contributed by atoms with E-state index in [1.165, 1.54) is 6.07 Å². The van der Waals surface area contributed by atoms with Crippen molar-refractivity contribution in [2.75, 3.05) is 11.9 Å². The maximum absolute atomic E-state index is 14.1. The third-order valence-corrected chi connectivity index (χ3v) is 4.77. The van der Waals surface area contributed by atoms with Crippen LogP contribution in [0, 0.1) is 17.1 Å². The smallest absolute Gasteiger partial charge is 0.133 e. The molecule has 0 atom stereocenters. The summed E-state index contributed by atoms with van der Waals surface area (Å²) in [5, 5.41) is 17.3. The highest BCUT2D eigenvalue weighted by molar-refractivity contribution is 5.55. The van der Waals surface area contributed by atoms with Gasteiger partial charge in [-0.1, -0.05) is 18.2 Å². The maximum Gasteiger partial charge on any atom is 0.133 e. The van der Waals surface area contributed by atoms with Crippen molar-refractivity contribution in [3.8, 4) is 11.8 Å². The monoisotopic (exact) mass is 346 g/mol. The van der Waals surface area contributed by atoms with E-state index in [1.54, 1.807) is 18.2 Å². The summed E-state index contributed by atoms with van der Waals surface area (Å²) in [5.41, 5.74) is 4.24. The summed E-state index contributed by atoms with van der Waals surface area (Å²) in [6.45, 7) is 0.897. The minimum Gasteiger partial charge on any atom is -0.370 e. The molecule has 1 N–H and O–H groups in total. The number of hydrogen-bond donors (Lipinski definition) is 1. The fourth-order valence-electron chi connectivity index (χ4n) is 3.40. The van der Waals surface area contributed by atoms with Gasteiger partial charge in [0.25, 0.3) is 0 Å². The first-order valence-electron chi connectivity index (χ1n) is 8.85. The Bertz CT molecular complexity index is 967. The van der Waals surface area contributed by atoms with E-state index < -0.39 is 0 Å². The number of hydrogen-bond acceptors (Lipinski definition) is 3. The highest BCUT2D eigenvalue weighted by Gasteiger charge is 2.21. The first-order chi connectivity index (χ1) is 12.8. The van der Waals surface area contributed by atoms with Crippen molar-refractivity contribution in [2.45, 2.75) is 25.7 Å². The van der Waals surface area contributed by atoms with Crippen molar-refractivity contribution in [3.63, 3.8) is 0 Å². The molecule has 4 rings (SSSR count). The molecule has 0 saturated carbocycles. The molecule has 0 spiro atoms. The topological polar surface area (TPSA) is 53.6 Å². The van der Waals surface area contributed by atoms with Crippen LogP contribution in [0.3, 0.4) is 0 Å². The molecule has 0 fully saturated rings. The van der Waals surface area contributed by atoms with Crippen molar-refractivity contribution in [2.24, 2.45) is 0 Å². The van der Waals surface area contributed by atoms with E-state index in [1.807, 2.05) is 28.9 Å². The average Bonchev–Trinajstić information content (AvgIpc) is 2.84. The van der Waals surface area contributed by atoms with E-state index in [0.29, 0.717) is 17.5 Å². The molecular formula is C21H19FN4. The lowest BCUT2D eigenvalue weighted by Gasteiger charge is -2.09. The second-order valence-corrected chi connectivity index (χ2v) is 6.50. The normalized spacial score (nSPS) is 13.4. The lowest BCUT2D eigenvalue weighted by molar-refractivity contribution is 0.612. The van der Waals surface area contributed by atoms with Gasteiger partial charge in [-0.3, -0.25) is 0 Å². The van der Waals surface area contributed by atoms with Crippen LogP contribution in [0.25, 0.3) is 5.69 Å². The summed E-state index contributed by atoms with van der Waals surface area (Å²) in [4.78, 5) is 0. The fraction of sp³-hybridized carbons (Fsp3) is 0.238. The Morgan fingerprint density at radius 1 is 1.12 bits per heavy atom. The Balaban J connectivity index is 1.78. The number of nitriles is 1. The molecule has 0 saturated heterocycles. The summed E-state index contributed by atoms with van der Waals surface area (Å²) in [5.74, 6) is 0.786. The molecule has 0 radical (unpaired) electrons. The zero-order valence-electron chi connectivity index (χ0n) is 14.4. The van der Waals surface area contributed by atoms with Gasteiger partial charge in [0.2, 0.25) is 0 Å². The van der Waals surface area contributed by atoms with Crippen molar-refractivity contribution >= 4 is 5.82 Å². The Hall–Kier alpha value is -3.13. The van der Waals surface area contributed by atoms with Crippen molar-refractivity contribution in [1.29, 1.82) is 5.26 Å². The van der Waals surface area contributed by atoms with Crippen LogP contribution in [0.15, 0.2) is 48.5 Å². The number of nitrogens with one attached hydrogen (secondary N) is 1. The van der Waals surface area contributed by atoms with Crippen LogP contribution in [-0.4, -0.2) is 16.3 Å². The Morgan fingerprint density at radius 3 is 2.69 bits per heavy atom. The molecule has 2 aromatic carbocycles. The van der Waals surface area contributed by atoms with E-state index in [9.17, 15) is 4.39 Å². The SMILES string of the molecule is N#Cc1ccc(-n2nc(Cc3ccccc3F)c3c2NCCCC3)cc1. The minimum atomic E-state index is -0.198. The lowest BCUT2D eigenvalue weighted by atomic mass is 10.0. The van der Waals surface area contributed by atoms with Gasteiger partial charge in [-0.25, -0.2) is 9.07 Å². The zero-order valence-corrected chi connectivity index (χ0v) is 14.4. The molecule has 2 heterocycles. The van der Waals surface area contributed by atoms with Gasteiger partial charge >= 0.3 is 0 Å². The Morgan fingerprint density at radius 2 is 1.92 bits per heavy atom. The zero-order chi connectivity index (χ0) is 17.9. The Kier molecular flexibility index (Phi) is 4.40. The second kappa shape index (κ2) is 7.01. The van der Waals surface area contributed by atoms with Gasteiger partial charge in [-0.05, 0) is 55.2 Å². The second-order valence-electron chi connectivity index (χ2n) is 6.50. The van der Waals surface area contributed by atoms with Crippen molar-refractivity contribution in [3.05, 3.63) is 76.7 Å². The molecule has 0 bridgehead atoms. The van der Waals surface area contributed by atoms with Gasteiger partial charge in [-0.15, -0.1) is 0 Å². The third-order valence-electron chi connectivity index (χ3n) is 4.77. The number of aromatic nitrogens is 2. The van der Waals surface area contributed by atoms with Crippen molar-refractivity contribution < 1.29 is 4.39 Å². The van der Waals surface area contributed by atoms with Crippen LogP contribution in [0.4, 0.5) is 10.2 Å². The predicted octanol–water partition coefficient (Wildman–Crippen LogP) is 4.22. The molecule has 1 aromatic heterocycles. The summed E-state index contributed by atoms with van der Waals surface area (Å²) in [7, 11) is 0. The quantitative estimate of drug-likeness (QED) is 0.772. The molecule has 1 aliphatic heterocycles. The molecule has 1 aliphatic rings. The molecule has 0 unspecified atom stereocenters. The van der Waals surface area contributed by atoms with Crippen molar-refractivity contribution in [1.82, 2.24) is 9.78 Å². The lowest BCUT2D eigenvalue weighted by Crippen LogP contribution is -2.07. The highest BCUT2D eigenvalue weighted by atomic mass is 19.1. The van der Waals surface area contributed by atoms with Crippen LogP contribution < -0.4 is 5.32 Å². The standard InChI is InChI=1S/C21H19FN4/c22-19-7-2-1-5-16(19)13-20-18-6-3-4-12-24-21(18)26(25-20)17-10-8-15(14-23)9-11-17/h1-2,5,7-11,24H,3-4,6,12-13H2. The number of rotatable bonds is 3. The molecule has 26 heavy (non-hydrogen) atoms. The minimum absolute atomic E-state index is 0.198. The van der Waals surface area contributed by atoms with Crippen LogP contribution >= 0.6 is 0 Å². The van der Waals surface area contributed by atoms with Crippen LogP contribution in [-0.2, 0) is 12.8 Å². The molecule has 3 aromatic rings. The first kappa shape index (κ1) is 16.3. The maximum atomic E-state index is 14.1. The third kappa shape index (κ3) is 3.06. The number of fused-ring (bicyclic) bond motifs is 1. The number of halogens is 1. The number of nitrogens with zero attached hydrogens (tertiary/aromatic N) is 3. The van der Waals surface area contributed by atoms with Crippen LogP contribution in [0.2, 0.25) is 0 Å². The van der Waals surface area contributed by atoms with Crippen LogP contribution in [0.5, 0.6) is 0 Å². The first-order valence-corrected chi connectivity index (χ1v) is 8.85. The van der Waals surface area contributed by atoms with Gasteiger partial charge in [0.15, 0.2) is 0 Å². The largest absolute Gasteiger partial charge is 0.370 e. The summed E-state index contributed by atoms with van der Waals surface area (Å²) in [6.07, 6.45) is 3.59. The van der Waals surface area contributed by atoms with Crippen LogP contribution in [0.1, 0.15) is 35.2 Å². The molecular weight excluding hydrogens is 327 g/mol. The fourth-order valence-corrected chi connectivity index (χ4v) is 3.40. The van der Waals surface area contributed by atoms with Gasteiger partial charge in [0.1, 0.15) is 11.6 Å².